The van der Waals surface area contributed by atoms with Gasteiger partial charge in [-0.1, -0.05) is 12.1 Å². The molecule has 2 amide bonds. The molecule has 1 aliphatic heterocycles. The molecule has 1 N–H and O–H groups in total. The second-order valence-corrected chi connectivity index (χ2v) is 11.9. The molecule has 1 aliphatic carbocycles. The number of nitrogens with one attached hydrogen (secondary N) is 1. The minimum Gasteiger partial charge on any atom is -0.356 e. The lowest BCUT2D eigenvalue weighted by molar-refractivity contribution is -0.126. The highest BCUT2D eigenvalue weighted by atomic mass is 19.1. The summed E-state index contributed by atoms with van der Waals surface area (Å²) in [7, 11) is 0. The van der Waals surface area contributed by atoms with Crippen LogP contribution in [0.25, 0.3) is 5.57 Å². The van der Waals surface area contributed by atoms with Gasteiger partial charge in [0, 0.05) is 49.2 Å². The first kappa shape index (κ1) is 33.6. The normalized spacial score (nSPS) is 18.4. The quantitative estimate of drug-likeness (QED) is 0.221. The van der Waals surface area contributed by atoms with E-state index in [-0.39, 0.29) is 46.8 Å². The number of carbonyl (C=O) groups excluding carboxylic acids is 2. The van der Waals surface area contributed by atoms with E-state index < -0.39 is 17.8 Å². The second-order valence-electron chi connectivity index (χ2n) is 11.9. The third kappa shape index (κ3) is 9.12. The maximum Gasteiger partial charge on any atom is 0.253 e. The highest BCUT2D eigenvalue weighted by Crippen LogP contribution is 2.28. The maximum atomic E-state index is 15.0. The van der Waals surface area contributed by atoms with Crippen LogP contribution < -0.4 is 5.32 Å². The molecule has 2 fully saturated rings. The molecule has 0 bridgehead atoms. The zero-order valence-electron chi connectivity index (χ0n) is 26.3. The Hall–Kier alpha value is -4.28. The molecule has 2 aromatic rings. The number of piperidine rings is 1. The summed E-state index contributed by atoms with van der Waals surface area (Å²) in [5, 5.41) is 15.9. The van der Waals surface area contributed by atoms with Gasteiger partial charge in [0.25, 0.3) is 5.91 Å². The molecule has 0 spiro atoms. The van der Waals surface area contributed by atoms with Crippen molar-refractivity contribution in [2.24, 2.45) is 27.1 Å². The van der Waals surface area contributed by atoms with Crippen molar-refractivity contribution in [2.45, 2.75) is 66.1 Å². The van der Waals surface area contributed by atoms with E-state index in [1.54, 1.807) is 35.4 Å². The number of carbonyl (C=O) groups is 2. The number of amides is 2. The van der Waals surface area contributed by atoms with Gasteiger partial charge in [-0.15, -0.1) is 0 Å². The highest BCUT2D eigenvalue weighted by Gasteiger charge is 2.30. The van der Waals surface area contributed by atoms with E-state index in [0.717, 1.165) is 42.7 Å². The van der Waals surface area contributed by atoms with Crippen molar-refractivity contribution in [1.82, 2.24) is 15.2 Å². The lowest BCUT2D eigenvalue weighted by Gasteiger charge is -2.32. The molecule has 240 valence electrons. The third-order valence-electron chi connectivity index (χ3n) is 8.27. The fourth-order valence-electron chi connectivity index (χ4n) is 5.00. The molecule has 1 saturated carbocycles. The molecule has 2 aliphatic rings. The molecular formula is C34H41F3N6O2. The van der Waals surface area contributed by atoms with Gasteiger partial charge in [0.2, 0.25) is 5.91 Å². The standard InChI is InChI=1S/C34H41F3N6O2/c1-21(18-43(38-5)20-30-31(36)15-29(16-32(30)37)24(4)41-40-23(3)22(2)35)26-10-12-27(13-11-26)34(45)42-14-6-7-28(19-42)33(44)39-17-25-8-9-25/h10-13,15-16,18,22,25,28H,5-9,14,17,19-20H2,1-4H3,(H,39,44)/b21-18+,40-23+,41-24+. The minimum atomic E-state index is -1.28. The van der Waals surface area contributed by atoms with E-state index in [1.165, 1.54) is 38.6 Å². The molecule has 11 heteroatoms. The topological polar surface area (TPSA) is 89.7 Å². The van der Waals surface area contributed by atoms with Crippen LogP contribution in [-0.2, 0) is 11.3 Å². The first-order valence-electron chi connectivity index (χ1n) is 15.3. The van der Waals surface area contributed by atoms with Crippen LogP contribution in [0.5, 0.6) is 0 Å². The van der Waals surface area contributed by atoms with Crippen molar-refractivity contribution >= 4 is 35.5 Å². The van der Waals surface area contributed by atoms with Crippen LogP contribution in [-0.4, -0.2) is 65.7 Å². The van der Waals surface area contributed by atoms with E-state index >= 15 is 8.78 Å². The molecule has 2 unspecified atom stereocenters. The molecular weight excluding hydrogens is 581 g/mol. The SMILES string of the molecule is C=NN(/C=C(\C)c1ccc(C(=O)N2CCCC(C(=O)NCC3CC3)C2)cc1)Cc1c(F)cc(/C(C)=N/N=C(\C)C(C)F)cc1F. The Bertz CT molecular complexity index is 1470. The van der Waals surface area contributed by atoms with Crippen LogP contribution in [0.1, 0.15) is 80.4 Å². The number of allylic oxidation sites excluding steroid dienone is 1. The molecule has 0 aromatic heterocycles. The Morgan fingerprint density at radius 1 is 1.04 bits per heavy atom. The largest absolute Gasteiger partial charge is 0.356 e. The monoisotopic (exact) mass is 622 g/mol. The summed E-state index contributed by atoms with van der Waals surface area (Å²) < 4.78 is 43.3. The van der Waals surface area contributed by atoms with E-state index in [2.05, 4.69) is 27.3 Å². The Morgan fingerprint density at radius 3 is 2.29 bits per heavy atom. The molecule has 0 radical (unpaired) electrons. The smallest absolute Gasteiger partial charge is 0.253 e. The number of halogens is 3. The van der Waals surface area contributed by atoms with Gasteiger partial charge in [-0.05, 0) is 94.7 Å². The van der Waals surface area contributed by atoms with Crippen molar-refractivity contribution in [2.75, 3.05) is 19.6 Å². The summed E-state index contributed by atoms with van der Waals surface area (Å²) in [6.07, 6.45) is 4.24. The zero-order valence-corrected chi connectivity index (χ0v) is 26.3. The summed E-state index contributed by atoms with van der Waals surface area (Å²) in [4.78, 5) is 27.6. The number of nitrogens with zero attached hydrogens (tertiary/aromatic N) is 5. The van der Waals surface area contributed by atoms with Crippen LogP contribution in [0.2, 0.25) is 0 Å². The first-order valence-corrected chi connectivity index (χ1v) is 15.3. The summed E-state index contributed by atoms with van der Waals surface area (Å²) >= 11 is 0. The fraction of sp³-hybridized carbons (Fsp3) is 0.441. The van der Waals surface area contributed by atoms with Gasteiger partial charge < -0.3 is 10.2 Å². The summed E-state index contributed by atoms with van der Waals surface area (Å²) in [6.45, 7) is 11.2. The Labute approximate surface area is 262 Å². The minimum absolute atomic E-state index is 0.0280. The first-order chi connectivity index (χ1) is 21.5. The van der Waals surface area contributed by atoms with E-state index in [9.17, 15) is 14.0 Å². The van der Waals surface area contributed by atoms with Crippen molar-refractivity contribution < 1.29 is 22.8 Å². The molecule has 2 atom stereocenters. The average Bonchev–Trinajstić information content (AvgIpc) is 3.87. The van der Waals surface area contributed by atoms with Crippen LogP contribution in [0.3, 0.4) is 0 Å². The van der Waals surface area contributed by atoms with Crippen LogP contribution in [0.15, 0.2) is 57.9 Å². The van der Waals surface area contributed by atoms with Crippen LogP contribution >= 0.6 is 0 Å². The summed E-state index contributed by atoms with van der Waals surface area (Å²) in [5.41, 5.74) is 2.43. The maximum absolute atomic E-state index is 15.0. The van der Waals surface area contributed by atoms with E-state index in [1.807, 2.05) is 6.92 Å². The summed E-state index contributed by atoms with van der Waals surface area (Å²) in [6, 6.07) is 9.38. The highest BCUT2D eigenvalue weighted by molar-refractivity contribution is 5.99. The van der Waals surface area contributed by atoms with Gasteiger partial charge >= 0.3 is 0 Å². The number of hydrogen-bond donors (Lipinski definition) is 1. The predicted octanol–water partition coefficient (Wildman–Crippen LogP) is 6.36. The molecule has 4 rings (SSSR count). The number of likely N-dealkylation sites (tertiary alicyclic amines) is 1. The number of benzene rings is 2. The third-order valence-corrected chi connectivity index (χ3v) is 8.27. The van der Waals surface area contributed by atoms with Gasteiger partial charge in [0.15, 0.2) is 0 Å². The number of hydrogen-bond acceptors (Lipinski definition) is 6. The van der Waals surface area contributed by atoms with Crippen LogP contribution in [0, 0.1) is 23.5 Å². The van der Waals surface area contributed by atoms with Crippen molar-refractivity contribution in [3.05, 3.63) is 76.5 Å². The van der Waals surface area contributed by atoms with Gasteiger partial charge in [0.05, 0.1) is 23.9 Å². The number of rotatable bonds is 12. The summed E-state index contributed by atoms with van der Waals surface area (Å²) in [5.74, 6) is -1.26. The van der Waals surface area contributed by atoms with Crippen molar-refractivity contribution in [3.63, 3.8) is 0 Å². The fourth-order valence-corrected chi connectivity index (χ4v) is 5.00. The van der Waals surface area contributed by atoms with Gasteiger partial charge in [0.1, 0.15) is 17.8 Å². The Kier molecular flexibility index (Phi) is 11.3. The van der Waals surface area contributed by atoms with Crippen molar-refractivity contribution in [1.29, 1.82) is 0 Å². The Balaban J connectivity index is 1.40. The number of hydrazone groups is 1. The number of alkyl halides is 1. The second kappa shape index (κ2) is 15.1. The van der Waals surface area contributed by atoms with E-state index in [0.29, 0.717) is 24.6 Å². The van der Waals surface area contributed by atoms with Crippen LogP contribution in [0.4, 0.5) is 13.2 Å². The zero-order chi connectivity index (χ0) is 32.7. The van der Waals surface area contributed by atoms with Crippen molar-refractivity contribution in [3.8, 4) is 0 Å². The van der Waals surface area contributed by atoms with E-state index in [4.69, 9.17) is 0 Å². The lowest BCUT2D eigenvalue weighted by atomic mass is 9.96. The predicted molar refractivity (Wildman–Crippen MR) is 172 cm³/mol. The molecule has 2 aromatic carbocycles. The Morgan fingerprint density at radius 2 is 1.69 bits per heavy atom. The molecule has 45 heavy (non-hydrogen) atoms. The van der Waals surface area contributed by atoms with Gasteiger partial charge in [-0.2, -0.15) is 15.3 Å². The van der Waals surface area contributed by atoms with Gasteiger partial charge in [-0.25, -0.2) is 13.2 Å². The molecule has 1 heterocycles. The molecule has 8 nitrogen and oxygen atoms in total. The lowest BCUT2D eigenvalue weighted by Crippen LogP contribution is -2.45. The molecule has 1 saturated heterocycles. The average molecular weight is 623 g/mol. The van der Waals surface area contributed by atoms with Gasteiger partial charge in [-0.3, -0.25) is 14.6 Å².